The van der Waals surface area contributed by atoms with Crippen molar-refractivity contribution in [2.75, 3.05) is 18.0 Å². The summed E-state index contributed by atoms with van der Waals surface area (Å²) in [5.74, 6) is 0.343. The lowest BCUT2D eigenvalue weighted by Gasteiger charge is -2.19. The van der Waals surface area contributed by atoms with Crippen LogP contribution in [-0.2, 0) is 0 Å². The zero-order chi connectivity index (χ0) is 15.8. The van der Waals surface area contributed by atoms with Crippen LogP contribution in [0.2, 0.25) is 0 Å². The van der Waals surface area contributed by atoms with Gasteiger partial charge in [0, 0.05) is 18.5 Å². The summed E-state index contributed by atoms with van der Waals surface area (Å²) in [4.78, 5) is 11.1. The molecule has 1 saturated heterocycles. The van der Waals surface area contributed by atoms with Crippen molar-refractivity contribution in [1.29, 1.82) is 0 Å². The lowest BCUT2D eigenvalue weighted by molar-refractivity contribution is 0.628. The van der Waals surface area contributed by atoms with Crippen molar-refractivity contribution < 1.29 is 8.78 Å². The predicted octanol–water partition coefficient (Wildman–Crippen LogP) is 4.18. The SMILES string of the molecule is Fc1ccc2nc(-c3ccccc3F)nc(N3CCCC3)c2c1. The van der Waals surface area contributed by atoms with Gasteiger partial charge in [-0.25, -0.2) is 18.7 Å². The Hall–Kier alpha value is -2.56. The topological polar surface area (TPSA) is 29.0 Å². The van der Waals surface area contributed by atoms with Crippen molar-refractivity contribution in [3.8, 4) is 11.4 Å². The second-order valence-corrected chi connectivity index (χ2v) is 5.71. The molecule has 1 fully saturated rings. The summed E-state index contributed by atoms with van der Waals surface area (Å²) in [6, 6.07) is 10.9. The maximum absolute atomic E-state index is 14.1. The quantitative estimate of drug-likeness (QED) is 0.711. The highest BCUT2D eigenvalue weighted by molar-refractivity contribution is 5.91. The van der Waals surface area contributed by atoms with Crippen LogP contribution in [0.1, 0.15) is 12.8 Å². The van der Waals surface area contributed by atoms with Crippen LogP contribution in [-0.4, -0.2) is 23.1 Å². The highest BCUT2D eigenvalue weighted by Crippen LogP contribution is 2.30. The molecule has 0 saturated carbocycles. The summed E-state index contributed by atoms with van der Waals surface area (Å²) >= 11 is 0. The Bertz CT molecular complexity index is 873. The third kappa shape index (κ3) is 2.52. The summed E-state index contributed by atoms with van der Waals surface area (Å²) in [5.41, 5.74) is 0.987. The molecule has 1 aromatic heterocycles. The molecule has 1 aliphatic heterocycles. The number of hydrogen-bond donors (Lipinski definition) is 0. The van der Waals surface area contributed by atoms with Crippen LogP contribution in [0.4, 0.5) is 14.6 Å². The Morgan fingerprint density at radius 1 is 0.913 bits per heavy atom. The number of halogens is 2. The molecule has 1 aliphatic rings. The average Bonchev–Trinajstić information content (AvgIpc) is 3.09. The fourth-order valence-electron chi connectivity index (χ4n) is 3.02. The second kappa shape index (κ2) is 5.57. The van der Waals surface area contributed by atoms with E-state index in [4.69, 9.17) is 0 Å². The van der Waals surface area contributed by atoms with E-state index in [-0.39, 0.29) is 11.6 Å². The average molecular weight is 311 g/mol. The fraction of sp³-hybridized carbons (Fsp3) is 0.222. The van der Waals surface area contributed by atoms with Gasteiger partial charge in [-0.3, -0.25) is 0 Å². The van der Waals surface area contributed by atoms with Gasteiger partial charge in [0.2, 0.25) is 0 Å². The molecule has 0 spiro atoms. The van der Waals surface area contributed by atoms with Gasteiger partial charge in [0.15, 0.2) is 5.82 Å². The van der Waals surface area contributed by atoms with Crippen molar-refractivity contribution in [3.05, 3.63) is 54.1 Å². The van der Waals surface area contributed by atoms with Gasteiger partial charge >= 0.3 is 0 Å². The number of hydrogen-bond acceptors (Lipinski definition) is 3. The van der Waals surface area contributed by atoms with E-state index in [9.17, 15) is 8.78 Å². The van der Waals surface area contributed by atoms with Gasteiger partial charge in [0.25, 0.3) is 0 Å². The molecule has 3 nitrogen and oxygen atoms in total. The van der Waals surface area contributed by atoms with Crippen LogP contribution in [0.5, 0.6) is 0 Å². The Balaban J connectivity index is 1.96. The van der Waals surface area contributed by atoms with Crippen molar-refractivity contribution in [2.45, 2.75) is 12.8 Å². The van der Waals surface area contributed by atoms with Crippen LogP contribution < -0.4 is 4.90 Å². The smallest absolute Gasteiger partial charge is 0.165 e. The maximum atomic E-state index is 14.1. The van der Waals surface area contributed by atoms with Crippen LogP contribution in [0.15, 0.2) is 42.5 Å². The molecule has 0 aliphatic carbocycles. The summed E-state index contributed by atoms with van der Waals surface area (Å²) in [5, 5.41) is 0.673. The standard InChI is InChI=1S/C18H15F2N3/c19-12-7-8-16-14(11-12)18(23-9-3-4-10-23)22-17(21-16)13-5-1-2-6-15(13)20/h1-2,5-8,11H,3-4,9-10H2. The molecule has 3 aromatic rings. The summed E-state index contributed by atoms with van der Waals surface area (Å²) in [7, 11) is 0. The molecule has 116 valence electrons. The third-order valence-electron chi connectivity index (χ3n) is 4.16. The fourth-order valence-corrected chi connectivity index (χ4v) is 3.02. The number of benzene rings is 2. The first-order chi connectivity index (χ1) is 11.2. The summed E-state index contributed by atoms with van der Waals surface area (Å²) in [6.07, 6.45) is 2.16. The van der Waals surface area contributed by atoms with E-state index in [2.05, 4.69) is 14.9 Å². The van der Waals surface area contributed by atoms with Gasteiger partial charge in [0.1, 0.15) is 17.5 Å². The first-order valence-electron chi connectivity index (χ1n) is 7.69. The predicted molar refractivity (Wildman–Crippen MR) is 86.3 cm³/mol. The molecular weight excluding hydrogens is 296 g/mol. The molecule has 0 amide bonds. The van der Waals surface area contributed by atoms with E-state index in [1.165, 1.54) is 18.2 Å². The minimum Gasteiger partial charge on any atom is -0.356 e. The Morgan fingerprint density at radius 2 is 1.70 bits per heavy atom. The Kier molecular flexibility index (Phi) is 3.41. The second-order valence-electron chi connectivity index (χ2n) is 5.71. The Labute approximate surface area is 132 Å². The molecule has 23 heavy (non-hydrogen) atoms. The molecule has 0 atom stereocenters. The molecule has 4 rings (SSSR count). The van der Waals surface area contributed by atoms with Crippen molar-refractivity contribution in [2.24, 2.45) is 0 Å². The van der Waals surface area contributed by atoms with Crippen LogP contribution in [0.25, 0.3) is 22.3 Å². The lowest BCUT2D eigenvalue weighted by atomic mass is 10.1. The van der Waals surface area contributed by atoms with Crippen LogP contribution >= 0.6 is 0 Å². The van der Waals surface area contributed by atoms with E-state index in [1.54, 1.807) is 24.3 Å². The number of rotatable bonds is 2. The van der Waals surface area contributed by atoms with Crippen LogP contribution in [0, 0.1) is 11.6 Å². The number of anilines is 1. The molecule has 0 radical (unpaired) electrons. The number of nitrogens with zero attached hydrogens (tertiary/aromatic N) is 3. The lowest BCUT2D eigenvalue weighted by Crippen LogP contribution is -2.20. The minimum atomic E-state index is -0.360. The van der Waals surface area contributed by atoms with Gasteiger partial charge in [-0.2, -0.15) is 0 Å². The first-order valence-corrected chi connectivity index (χ1v) is 7.69. The number of fused-ring (bicyclic) bond motifs is 1. The first kappa shape index (κ1) is 14.1. The molecule has 0 unspecified atom stereocenters. The Morgan fingerprint density at radius 3 is 2.48 bits per heavy atom. The molecule has 2 aromatic carbocycles. The summed E-state index contributed by atoms with van der Waals surface area (Å²) in [6.45, 7) is 1.75. The van der Waals surface area contributed by atoms with Crippen molar-refractivity contribution in [3.63, 3.8) is 0 Å². The van der Waals surface area contributed by atoms with E-state index >= 15 is 0 Å². The minimum absolute atomic E-state index is 0.319. The van der Waals surface area contributed by atoms with Gasteiger partial charge < -0.3 is 4.90 Å². The van der Waals surface area contributed by atoms with Crippen molar-refractivity contribution >= 4 is 16.7 Å². The van der Waals surface area contributed by atoms with Gasteiger partial charge in [0.05, 0.1) is 11.1 Å². The zero-order valence-corrected chi connectivity index (χ0v) is 12.5. The maximum Gasteiger partial charge on any atom is 0.165 e. The normalized spacial score (nSPS) is 14.6. The molecular formula is C18H15F2N3. The zero-order valence-electron chi connectivity index (χ0n) is 12.5. The molecule has 0 N–H and O–H groups in total. The summed E-state index contributed by atoms with van der Waals surface area (Å²) < 4.78 is 27.8. The monoisotopic (exact) mass is 311 g/mol. The highest BCUT2D eigenvalue weighted by Gasteiger charge is 2.20. The molecule has 0 bridgehead atoms. The van der Waals surface area contributed by atoms with Crippen LogP contribution in [0.3, 0.4) is 0 Å². The van der Waals surface area contributed by atoms with E-state index in [0.29, 0.717) is 28.1 Å². The number of aromatic nitrogens is 2. The largest absolute Gasteiger partial charge is 0.356 e. The highest BCUT2D eigenvalue weighted by atomic mass is 19.1. The third-order valence-corrected chi connectivity index (χ3v) is 4.16. The van der Waals surface area contributed by atoms with E-state index in [1.807, 2.05) is 0 Å². The molecule has 2 heterocycles. The van der Waals surface area contributed by atoms with Crippen molar-refractivity contribution in [1.82, 2.24) is 9.97 Å². The van der Waals surface area contributed by atoms with Gasteiger partial charge in [-0.15, -0.1) is 0 Å². The van der Waals surface area contributed by atoms with Gasteiger partial charge in [-0.05, 0) is 43.2 Å². The van der Waals surface area contributed by atoms with E-state index < -0.39 is 0 Å². The van der Waals surface area contributed by atoms with E-state index in [0.717, 1.165) is 25.9 Å². The van der Waals surface area contributed by atoms with Gasteiger partial charge in [-0.1, -0.05) is 12.1 Å². The molecule has 5 heteroatoms.